The predicted octanol–water partition coefficient (Wildman–Crippen LogP) is 4.16. The van der Waals surface area contributed by atoms with Crippen LogP contribution in [0.25, 0.3) is 10.9 Å². The van der Waals surface area contributed by atoms with E-state index in [1.807, 2.05) is 52.0 Å². The number of hydrogen-bond acceptors (Lipinski definition) is 7. The van der Waals surface area contributed by atoms with Crippen LogP contribution in [0.15, 0.2) is 24.3 Å². The molecular formula is C24H33ClN4O4. The van der Waals surface area contributed by atoms with Crippen molar-refractivity contribution in [1.29, 1.82) is 0 Å². The van der Waals surface area contributed by atoms with Gasteiger partial charge in [0.1, 0.15) is 11.4 Å². The summed E-state index contributed by atoms with van der Waals surface area (Å²) in [5, 5.41) is 4.41. The number of halogens is 1. The molecule has 1 N–H and O–H groups in total. The van der Waals surface area contributed by atoms with E-state index in [4.69, 9.17) is 26.1 Å². The third-order valence-corrected chi connectivity index (χ3v) is 5.64. The van der Waals surface area contributed by atoms with Crippen molar-refractivity contribution in [3.8, 4) is 0 Å². The van der Waals surface area contributed by atoms with Gasteiger partial charge in [-0.15, -0.1) is 0 Å². The summed E-state index contributed by atoms with van der Waals surface area (Å²) in [5.41, 5.74) is 1.02. The monoisotopic (exact) mass is 476 g/mol. The highest BCUT2D eigenvalue weighted by Crippen LogP contribution is 2.32. The Morgan fingerprint density at radius 2 is 1.91 bits per heavy atom. The molecule has 2 heterocycles. The van der Waals surface area contributed by atoms with Crippen LogP contribution in [0.4, 0.5) is 10.6 Å². The molecule has 3 rings (SSSR count). The molecule has 1 saturated heterocycles. The number of nitrogens with one attached hydrogen (secondary N) is 1. The number of rotatable bonds is 6. The largest absolute Gasteiger partial charge is 0.465 e. The molecule has 1 aromatic heterocycles. The SMILES string of the molecule is CCOC(=O)CN1CCN(c2nc3c(Cl)cccc3cc2[C@H](C)NC(=O)OC(C)(C)C)CC1. The molecule has 1 fully saturated rings. The van der Waals surface area contributed by atoms with E-state index in [2.05, 4.69) is 15.1 Å². The average molecular weight is 477 g/mol. The zero-order chi connectivity index (χ0) is 24.2. The first kappa shape index (κ1) is 25.1. The van der Waals surface area contributed by atoms with E-state index >= 15 is 0 Å². The first-order chi connectivity index (χ1) is 15.6. The van der Waals surface area contributed by atoms with E-state index in [1.54, 1.807) is 6.92 Å². The first-order valence-corrected chi connectivity index (χ1v) is 11.7. The van der Waals surface area contributed by atoms with E-state index < -0.39 is 11.7 Å². The van der Waals surface area contributed by atoms with Crippen LogP contribution in [0.1, 0.15) is 46.2 Å². The van der Waals surface area contributed by atoms with Gasteiger partial charge in [-0.1, -0.05) is 23.7 Å². The molecule has 1 aliphatic rings. The van der Waals surface area contributed by atoms with Crippen molar-refractivity contribution in [1.82, 2.24) is 15.2 Å². The Labute approximate surface area is 200 Å². The maximum Gasteiger partial charge on any atom is 0.408 e. The summed E-state index contributed by atoms with van der Waals surface area (Å²) in [6.45, 7) is 12.7. The summed E-state index contributed by atoms with van der Waals surface area (Å²) in [6.07, 6.45) is -0.480. The summed E-state index contributed by atoms with van der Waals surface area (Å²) in [7, 11) is 0. The van der Waals surface area contributed by atoms with Crippen molar-refractivity contribution in [2.45, 2.75) is 46.3 Å². The van der Waals surface area contributed by atoms with Crippen molar-refractivity contribution in [3.05, 3.63) is 34.9 Å². The lowest BCUT2D eigenvalue weighted by molar-refractivity contribution is -0.144. The van der Waals surface area contributed by atoms with E-state index in [9.17, 15) is 9.59 Å². The summed E-state index contributed by atoms with van der Waals surface area (Å²) in [6, 6.07) is 7.36. The number of nitrogens with zero attached hydrogens (tertiary/aromatic N) is 3. The molecule has 0 saturated carbocycles. The standard InChI is InChI=1S/C24H33ClN4O4/c1-6-32-20(30)15-28-10-12-29(13-11-28)22-18(16(2)26-23(31)33-24(3,4)5)14-17-8-7-9-19(25)21(17)27-22/h7-9,14,16H,6,10-13,15H2,1-5H3,(H,26,31)/t16-/m0/s1. The summed E-state index contributed by atoms with van der Waals surface area (Å²) < 4.78 is 10.5. The van der Waals surface area contributed by atoms with Gasteiger partial charge in [0.05, 0.1) is 29.7 Å². The minimum Gasteiger partial charge on any atom is -0.465 e. The topological polar surface area (TPSA) is 84.0 Å². The van der Waals surface area contributed by atoms with Gasteiger partial charge in [0.25, 0.3) is 0 Å². The molecule has 0 spiro atoms. The highest BCUT2D eigenvalue weighted by Gasteiger charge is 2.26. The minimum atomic E-state index is -0.586. The van der Waals surface area contributed by atoms with Crippen molar-refractivity contribution in [2.24, 2.45) is 0 Å². The Morgan fingerprint density at radius 3 is 2.55 bits per heavy atom. The molecule has 8 nitrogen and oxygen atoms in total. The smallest absolute Gasteiger partial charge is 0.408 e. The van der Waals surface area contributed by atoms with Crippen LogP contribution in [0, 0.1) is 0 Å². The highest BCUT2D eigenvalue weighted by molar-refractivity contribution is 6.35. The maximum atomic E-state index is 12.4. The lowest BCUT2D eigenvalue weighted by Gasteiger charge is -2.36. The Hall–Kier alpha value is -2.58. The first-order valence-electron chi connectivity index (χ1n) is 11.3. The number of esters is 1. The van der Waals surface area contributed by atoms with Gasteiger partial charge >= 0.3 is 12.1 Å². The fourth-order valence-corrected chi connectivity index (χ4v) is 4.03. The van der Waals surface area contributed by atoms with E-state index in [0.29, 0.717) is 37.8 Å². The van der Waals surface area contributed by atoms with Crippen LogP contribution in [-0.2, 0) is 14.3 Å². The lowest BCUT2D eigenvalue weighted by Crippen LogP contribution is -2.49. The molecule has 0 bridgehead atoms. The number of fused-ring (bicyclic) bond motifs is 1. The highest BCUT2D eigenvalue weighted by atomic mass is 35.5. The number of amides is 1. The second-order valence-electron chi connectivity index (χ2n) is 9.15. The number of carbonyl (C=O) groups is 2. The van der Waals surface area contributed by atoms with Crippen molar-refractivity contribution in [2.75, 3.05) is 44.2 Å². The van der Waals surface area contributed by atoms with E-state index in [-0.39, 0.29) is 18.6 Å². The molecule has 180 valence electrons. The number of para-hydroxylation sites is 1. The fourth-order valence-electron chi connectivity index (χ4n) is 3.81. The molecule has 0 aliphatic carbocycles. The number of piperazine rings is 1. The number of carbonyl (C=O) groups excluding carboxylic acids is 2. The summed E-state index contributed by atoms with van der Waals surface area (Å²) in [4.78, 5) is 33.4. The Balaban J connectivity index is 1.84. The maximum absolute atomic E-state index is 12.4. The van der Waals surface area contributed by atoms with Gasteiger partial charge in [-0.3, -0.25) is 9.69 Å². The van der Waals surface area contributed by atoms with E-state index in [1.165, 1.54) is 0 Å². The molecule has 0 unspecified atom stereocenters. The summed E-state index contributed by atoms with van der Waals surface area (Å²) >= 11 is 6.44. The van der Waals surface area contributed by atoms with Crippen LogP contribution in [0.2, 0.25) is 5.02 Å². The van der Waals surface area contributed by atoms with Gasteiger partial charge in [-0.05, 0) is 46.8 Å². The predicted molar refractivity (Wildman–Crippen MR) is 130 cm³/mol. The van der Waals surface area contributed by atoms with Gasteiger partial charge in [0.2, 0.25) is 0 Å². The number of ether oxygens (including phenoxy) is 2. The number of alkyl carbamates (subject to hydrolysis) is 1. The molecular weight excluding hydrogens is 444 g/mol. The minimum absolute atomic E-state index is 0.211. The van der Waals surface area contributed by atoms with Crippen molar-refractivity contribution in [3.63, 3.8) is 0 Å². The number of pyridine rings is 1. The molecule has 1 aliphatic heterocycles. The second kappa shape index (κ2) is 10.6. The van der Waals surface area contributed by atoms with Gasteiger partial charge in [0.15, 0.2) is 0 Å². The molecule has 1 atom stereocenters. The number of anilines is 1. The van der Waals surface area contributed by atoms with Crippen LogP contribution < -0.4 is 10.2 Å². The number of benzene rings is 1. The zero-order valence-electron chi connectivity index (χ0n) is 20.0. The van der Waals surface area contributed by atoms with Crippen LogP contribution in [0.3, 0.4) is 0 Å². The molecule has 0 radical (unpaired) electrons. The van der Waals surface area contributed by atoms with Crippen LogP contribution in [0.5, 0.6) is 0 Å². The molecule has 9 heteroatoms. The van der Waals surface area contributed by atoms with Gasteiger partial charge in [0, 0.05) is 37.1 Å². The number of aromatic nitrogens is 1. The quantitative estimate of drug-likeness (QED) is 0.626. The zero-order valence-corrected chi connectivity index (χ0v) is 20.7. The molecule has 1 amide bonds. The third-order valence-electron chi connectivity index (χ3n) is 5.33. The Morgan fingerprint density at radius 1 is 1.21 bits per heavy atom. The van der Waals surface area contributed by atoms with Crippen LogP contribution in [-0.4, -0.2) is 66.9 Å². The van der Waals surface area contributed by atoms with Crippen LogP contribution >= 0.6 is 11.6 Å². The van der Waals surface area contributed by atoms with Gasteiger partial charge in [-0.25, -0.2) is 9.78 Å². The van der Waals surface area contributed by atoms with E-state index in [0.717, 1.165) is 22.3 Å². The Kier molecular flexibility index (Phi) is 8.02. The number of hydrogen-bond donors (Lipinski definition) is 1. The fraction of sp³-hybridized carbons (Fsp3) is 0.542. The van der Waals surface area contributed by atoms with Crippen molar-refractivity contribution < 1.29 is 19.1 Å². The van der Waals surface area contributed by atoms with Gasteiger partial charge in [-0.2, -0.15) is 0 Å². The third kappa shape index (κ3) is 6.71. The molecule has 1 aromatic carbocycles. The molecule has 33 heavy (non-hydrogen) atoms. The second-order valence-corrected chi connectivity index (χ2v) is 9.56. The average Bonchev–Trinajstić information content (AvgIpc) is 2.72. The van der Waals surface area contributed by atoms with Gasteiger partial charge < -0.3 is 19.7 Å². The Bertz CT molecular complexity index is 1000. The van der Waals surface area contributed by atoms with Crippen molar-refractivity contribution >= 4 is 40.4 Å². The lowest BCUT2D eigenvalue weighted by atomic mass is 10.0. The normalized spacial score (nSPS) is 15.9. The molecule has 2 aromatic rings. The summed E-state index contributed by atoms with van der Waals surface area (Å²) in [5.74, 6) is 0.562.